The maximum Gasteiger partial charge on any atom is 0.338 e. The van der Waals surface area contributed by atoms with Crippen LogP contribution in [0.25, 0.3) is 0 Å². The predicted molar refractivity (Wildman–Crippen MR) is 84.0 cm³/mol. The lowest BCUT2D eigenvalue weighted by Crippen LogP contribution is -2.06. The van der Waals surface area contributed by atoms with Gasteiger partial charge >= 0.3 is 5.97 Å². The number of ether oxygens (including phenoxy) is 1. The largest absolute Gasteiger partial charge is 0.457 e. The average molecular weight is 294 g/mol. The molecule has 0 radical (unpaired) electrons. The molecule has 0 bridgehead atoms. The Morgan fingerprint density at radius 1 is 1.09 bits per heavy atom. The average Bonchev–Trinajstić information content (AvgIpc) is 3.38. The summed E-state index contributed by atoms with van der Waals surface area (Å²) in [4.78, 5) is 23.6. The zero-order valence-corrected chi connectivity index (χ0v) is 12.5. The van der Waals surface area contributed by atoms with Gasteiger partial charge in [-0.15, -0.1) is 0 Å². The van der Waals surface area contributed by atoms with Crippen LogP contribution in [0, 0.1) is 0 Å². The molecule has 3 nitrogen and oxygen atoms in total. The molecule has 1 aliphatic rings. The van der Waals surface area contributed by atoms with E-state index in [1.807, 2.05) is 36.4 Å². The minimum Gasteiger partial charge on any atom is -0.457 e. The fourth-order valence-electron chi connectivity index (χ4n) is 2.56. The molecule has 1 aliphatic carbocycles. The van der Waals surface area contributed by atoms with Crippen LogP contribution < -0.4 is 0 Å². The van der Waals surface area contributed by atoms with Crippen LogP contribution in [-0.2, 0) is 11.3 Å². The highest BCUT2D eigenvalue weighted by Gasteiger charge is 2.27. The number of benzene rings is 2. The summed E-state index contributed by atoms with van der Waals surface area (Å²) < 4.78 is 5.35. The van der Waals surface area contributed by atoms with Crippen LogP contribution in [0.15, 0.2) is 48.5 Å². The smallest absolute Gasteiger partial charge is 0.338 e. The van der Waals surface area contributed by atoms with E-state index < -0.39 is 0 Å². The van der Waals surface area contributed by atoms with Crippen LogP contribution in [0.2, 0.25) is 0 Å². The van der Waals surface area contributed by atoms with Gasteiger partial charge in [0.2, 0.25) is 0 Å². The lowest BCUT2D eigenvalue weighted by molar-refractivity contribution is 0.0472. The summed E-state index contributed by atoms with van der Waals surface area (Å²) in [5, 5.41) is 0. The molecule has 1 saturated carbocycles. The number of esters is 1. The third-order valence-corrected chi connectivity index (χ3v) is 3.89. The van der Waals surface area contributed by atoms with E-state index in [0.29, 0.717) is 11.5 Å². The fraction of sp³-hybridized carbons (Fsp3) is 0.263. The summed E-state index contributed by atoms with van der Waals surface area (Å²) in [6.45, 7) is 1.82. The molecule has 3 rings (SSSR count). The summed E-state index contributed by atoms with van der Waals surface area (Å²) in [6, 6.07) is 14.7. The highest BCUT2D eigenvalue weighted by atomic mass is 16.5. The van der Waals surface area contributed by atoms with Crippen molar-refractivity contribution in [2.75, 3.05) is 0 Å². The van der Waals surface area contributed by atoms with Crippen molar-refractivity contribution in [3.8, 4) is 0 Å². The second-order valence-electron chi connectivity index (χ2n) is 5.69. The molecular formula is C19H18O3. The Kier molecular flexibility index (Phi) is 4.05. The summed E-state index contributed by atoms with van der Waals surface area (Å²) in [5.41, 5.74) is 3.36. The zero-order valence-electron chi connectivity index (χ0n) is 12.5. The Labute approximate surface area is 129 Å². The third kappa shape index (κ3) is 3.25. The van der Waals surface area contributed by atoms with Gasteiger partial charge in [-0.25, -0.2) is 4.79 Å². The molecule has 0 unspecified atom stereocenters. The van der Waals surface area contributed by atoms with Crippen LogP contribution in [0.5, 0.6) is 0 Å². The van der Waals surface area contributed by atoms with Gasteiger partial charge in [-0.05, 0) is 48.9 Å². The Bertz CT molecular complexity index is 700. The fourth-order valence-corrected chi connectivity index (χ4v) is 2.56. The SMILES string of the molecule is CC(=O)c1ccc(COC(=O)c2ccccc2)cc1C1CC1. The van der Waals surface area contributed by atoms with E-state index in [0.717, 1.165) is 29.5 Å². The van der Waals surface area contributed by atoms with Gasteiger partial charge in [0.25, 0.3) is 0 Å². The van der Waals surface area contributed by atoms with E-state index in [2.05, 4.69) is 0 Å². The van der Waals surface area contributed by atoms with E-state index in [1.165, 1.54) is 0 Å². The topological polar surface area (TPSA) is 43.4 Å². The van der Waals surface area contributed by atoms with Crippen LogP contribution in [-0.4, -0.2) is 11.8 Å². The minimum absolute atomic E-state index is 0.0923. The third-order valence-electron chi connectivity index (χ3n) is 3.89. The molecule has 22 heavy (non-hydrogen) atoms. The molecule has 112 valence electrons. The first-order valence-electron chi connectivity index (χ1n) is 7.51. The number of ketones is 1. The number of carbonyl (C=O) groups excluding carboxylic acids is 2. The number of Topliss-reactive ketones (excluding diaryl/α,β-unsaturated/α-hetero) is 1. The van der Waals surface area contributed by atoms with Gasteiger partial charge < -0.3 is 4.74 Å². The van der Waals surface area contributed by atoms with E-state index in [9.17, 15) is 9.59 Å². The van der Waals surface area contributed by atoms with Gasteiger partial charge in [0, 0.05) is 5.56 Å². The molecule has 0 aliphatic heterocycles. The Balaban J connectivity index is 1.72. The number of rotatable bonds is 5. The molecule has 0 N–H and O–H groups in total. The number of carbonyl (C=O) groups is 2. The molecule has 0 amide bonds. The number of hydrogen-bond acceptors (Lipinski definition) is 3. The Morgan fingerprint density at radius 2 is 1.82 bits per heavy atom. The van der Waals surface area contributed by atoms with Crippen molar-refractivity contribution < 1.29 is 14.3 Å². The maximum absolute atomic E-state index is 11.9. The second-order valence-corrected chi connectivity index (χ2v) is 5.69. The monoisotopic (exact) mass is 294 g/mol. The first-order valence-corrected chi connectivity index (χ1v) is 7.51. The van der Waals surface area contributed by atoms with Crippen molar-refractivity contribution in [1.29, 1.82) is 0 Å². The molecule has 0 aromatic heterocycles. The summed E-state index contributed by atoms with van der Waals surface area (Å²) in [7, 11) is 0. The quantitative estimate of drug-likeness (QED) is 0.615. The lowest BCUT2D eigenvalue weighted by Gasteiger charge is -2.10. The first-order chi connectivity index (χ1) is 10.6. The van der Waals surface area contributed by atoms with Crippen LogP contribution in [0.4, 0.5) is 0 Å². The predicted octanol–water partition coefficient (Wildman–Crippen LogP) is 4.12. The highest BCUT2D eigenvalue weighted by molar-refractivity contribution is 5.96. The van der Waals surface area contributed by atoms with Gasteiger partial charge in [-0.2, -0.15) is 0 Å². The molecule has 0 saturated heterocycles. The van der Waals surface area contributed by atoms with Crippen molar-refractivity contribution >= 4 is 11.8 Å². The first kappa shape index (κ1) is 14.5. The minimum atomic E-state index is -0.329. The van der Waals surface area contributed by atoms with E-state index >= 15 is 0 Å². The molecule has 0 heterocycles. The summed E-state index contributed by atoms with van der Waals surface area (Å²) in [6.07, 6.45) is 2.26. The molecular weight excluding hydrogens is 276 g/mol. The van der Waals surface area contributed by atoms with Crippen molar-refractivity contribution in [3.63, 3.8) is 0 Å². The number of hydrogen-bond donors (Lipinski definition) is 0. The second kappa shape index (κ2) is 6.14. The van der Waals surface area contributed by atoms with E-state index in [1.54, 1.807) is 19.1 Å². The molecule has 2 aromatic carbocycles. The molecule has 1 fully saturated rings. The van der Waals surface area contributed by atoms with Crippen molar-refractivity contribution in [2.24, 2.45) is 0 Å². The van der Waals surface area contributed by atoms with Gasteiger partial charge in [-0.1, -0.05) is 36.4 Å². The molecule has 3 heteroatoms. The Hall–Kier alpha value is -2.42. The highest BCUT2D eigenvalue weighted by Crippen LogP contribution is 2.42. The zero-order chi connectivity index (χ0) is 15.5. The standard InChI is InChI=1S/C19H18O3/c1-13(20)17-10-7-14(11-18(17)15-8-9-15)12-22-19(21)16-5-3-2-4-6-16/h2-7,10-11,15H,8-9,12H2,1H3. The van der Waals surface area contributed by atoms with Crippen molar-refractivity contribution in [1.82, 2.24) is 0 Å². The normalized spacial score (nSPS) is 13.7. The van der Waals surface area contributed by atoms with Gasteiger partial charge in [0.1, 0.15) is 6.61 Å². The van der Waals surface area contributed by atoms with Gasteiger partial charge in [-0.3, -0.25) is 4.79 Å². The lowest BCUT2D eigenvalue weighted by atomic mass is 9.98. The van der Waals surface area contributed by atoms with Gasteiger partial charge in [0.05, 0.1) is 5.56 Å². The van der Waals surface area contributed by atoms with Crippen molar-refractivity contribution in [3.05, 3.63) is 70.8 Å². The van der Waals surface area contributed by atoms with Crippen LogP contribution >= 0.6 is 0 Å². The summed E-state index contributed by atoms with van der Waals surface area (Å²) in [5.74, 6) is 0.252. The van der Waals surface area contributed by atoms with E-state index in [-0.39, 0.29) is 18.4 Å². The van der Waals surface area contributed by atoms with Gasteiger partial charge in [0.15, 0.2) is 5.78 Å². The molecule has 0 atom stereocenters. The Morgan fingerprint density at radius 3 is 2.45 bits per heavy atom. The summed E-state index contributed by atoms with van der Waals surface area (Å²) >= 11 is 0. The maximum atomic E-state index is 11.9. The van der Waals surface area contributed by atoms with E-state index in [4.69, 9.17) is 4.74 Å². The molecule has 2 aromatic rings. The van der Waals surface area contributed by atoms with Crippen LogP contribution in [0.3, 0.4) is 0 Å². The molecule has 0 spiro atoms. The van der Waals surface area contributed by atoms with Crippen LogP contribution in [0.1, 0.15) is 57.5 Å². The van der Waals surface area contributed by atoms with Crippen molar-refractivity contribution in [2.45, 2.75) is 32.3 Å².